The first-order valence-corrected chi connectivity index (χ1v) is 6.81. The van der Waals surface area contributed by atoms with Gasteiger partial charge in [0.2, 0.25) is 0 Å². The highest BCUT2D eigenvalue weighted by atomic mass is 16.5. The molecule has 0 bridgehead atoms. The molecule has 3 nitrogen and oxygen atoms in total. The molecular weight excluding hydrogens is 248 g/mol. The number of benzene rings is 2. The summed E-state index contributed by atoms with van der Waals surface area (Å²) in [6.07, 6.45) is 1.78. The predicted molar refractivity (Wildman–Crippen MR) is 84.4 cm³/mol. The first-order valence-electron chi connectivity index (χ1n) is 6.81. The number of hydrogen-bond acceptors (Lipinski definition) is 3. The van der Waals surface area contributed by atoms with Gasteiger partial charge in [0, 0.05) is 5.56 Å². The molecule has 20 heavy (non-hydrogen) atoms. The van der Waals surface area contributed by atoms with Crippen LogP contribution >= 0.6 is 0 Å². The lowest BCUT2D eigenvalue weighted by Gasteiger charge is -2.10. The Morgan fingerprint density at radius 1 is 1.05 bits per heavy atom. The van der Waals surface area contributed by atoms with Crippen molar-refractivity contribution in [3.8, 4) is 5.75 Å². The van der Waals surface area contributed by atoms with Crippen LogP contribution in [0.2, 0.25) is 0 Å². The molecule has 0 aliphatic heterocycles. The average molecular weight is 268 g/mol. The molecule has 0 saturated carbocycles. The van der Waals surface area contributed by atoms with Crippen molar-refractivity contribution in [2.75, 3.05) is 12.0 Å². The lowest BCUT2D eigenvalue weighted by atomic mass is 10.2. The Labute approximate surface area is 120 Å². The second kappa shape index (κ2) is 7.34. The predicted octanol–water partition coefficient (Wildman–Crippen LogP) is 4.17. The summed E-state index contributed by atoms with van der Waals surface area (Å²) in [6, 6.07) is 17.8. The first-order chi connectivity index (χ1) is 9.75. The molecule has 0 unspecified atom stereocenters. The van der Waals surface area contributed by atoms with E-state index < -0.39 is 0 Å². The third-order valence-electron chi connectivity index (χ3n) is 2.66. The van der Waals surface area contributed by atoms with Gasteiger partial charge >= 0.3 is 0 Å². The lowest BCUT2D eigenvalue weighted by Crippen LogP contribution is -2.06. The summed E-state index contributed by atoms with van der Waals surface area (Å²) in [6.45, 7) is 4.97. The Bertz CT molecular complexity index is 550. The number of nitrogens with one attached hydrogen (secondary N) is 1. The van der Waals surface area contributed by atoms with Gasteiger partial charge in [-0.1, -0.05) is 44.2 Å². The van der Waals surface area contributed by atoms with Gasteiger partial charge in [0.25, 0.3) is 0 Å². The van der Waals surface area contributed by atoms with E-state index in [0.717, 1.165) is 17.0 Å². The third kappa shape index (κ3) is 4.43. The number of ether oxygens (including phenoxy) is 1. The molecule has 2 aromatic rings. The van der Waals surface area contributed by atoms with Gasteiger partial charge < -0.3 is 4.74 Å². The molecule has 0 heterocycles. The molecule has 0 fully saturated rings. The van der Waals surface area contributed by atoms with Gasteiger partial charge in [-0.3, -0.25) is 5.43 Å². The van der Waals surface area contributed by atoms with Crippen LogP contribution in [0.1, 0.15) is 19.4 Å². The van der Waals surface area contributed by atoms with Crippen molar-refractivity contribution < 1.29 is 4.74 Å². The Morgan fingerprint density at radius 3 is 2.50 bits per heavy atom. The van der Waals surface area contributed by atoms with Crippen molar-refractivity contribution >= 4 is 11.9 Å². The second-order valence-corrected chi connectivity index (χ2v) is 4.98. The first kappa shape index (κ1) is 14.1. The fourth-order valence-corrected chi connectivity index (χ4v) is 1.66. The summed E-state index contributed by atoms with van der Waals surface area (Å²) in [5.41, 5.74) is 4.93. The second-order valence-electron chi connectivity index (χ2n) is 4.98. The van der Waals surface area contributed by atoms with Crippen LogP contribution in [-0.4, -0.2) is 12.8 Å². The third-order valence-corrected chi connectivity index (χ3v) is 2.66. The van der Waals surface area contributed by atoms with Crippen LogP contribution in [0.4, 0.5) is 5.69 Å². The van der Waals surface area contributed by atoms with E-state index in [1.54, 1.807) is 6.21 Å². The quantitative estimate of drug-likeness (QED) is 0.630. The van der Waals surface area contributed by atoms with Crippen LogP contribution in [-0.2, 0) is 0 Å². The van der Waals surface area contributed by atoms with Gasteiger partial charge in [-0.05, 0) is 30.2 Å². The summed E-state index contributed by atoms with van der Waals surface area (Å²) >= 11 is 0. The SMILES string of the molecule is CC(C)COc1ccccc1/C=N/Nc1ccccc1. The van der Waals surface area contributed by atoms with Gasteiger partial charge in [0.1, 0.15) is 5.75 Å². The Morgan fingerprint density at radius 2 is 1.75 bits per heavy atom. The van der Waals surface area contributed by atoms with Crippen LogP contribution in [0.15, 0.2) is 59.7 Å². The van der Waals surface area contributed by atoms with Gasteiger partial charge in [-0.15, -0.1) is 0 Å². The summed E-state index contributed by atoms with van der Waals surface area (Å²) < 4.78 is 5.78. The van der Waals surface area contributed by atoms with E-state index >= 15 is 0 Å². The van der Waals surface area contributed by atoms with E-state index in [-0.39, 0.29) is 0 Å². The molecule has 2 rings (SSSR count). The van der Waals surface area contributed by atoms with Gasteiger partial charge in [-0.25, -0.2) is 0 Å². The summed E-state index contributed by atoms with van der Waals surface area (Å²) in [4.78, 5) is 0. The van der Waals surface area contributed by atoms with Crippen molar-refractivity contribution in [3.05, 3.63) is 60.2 Å². The normalized spacial score (nSPS) is 10.9. The monoisotopic (exact) mass is 268 g/mol. The number of hydrogen-bond donors (Lipinski definition) is 1. The Hall–Kier alpha value is -2.29. The van der Waals surface area contributed by atoms with Crippen LogP contribution in [0.5, 0.6) is 5.75 Å². The average Bonchev–Trinajstić information content (AvgIpc) is 2.47. The van der Waals surface area contributed by atoms with Crippen LogP contribution in [0.25, 0.3) is 0 Å². The molecule has 0 aliphatic rings. The number of hydrazone groups is 1. The fourth-order valence-electron chi connectivity index (χ4n) is 1.66. The van der Waals surface area contributed by atoms with Gasteiger partial charge in [0.05, 0.1) is 18.5 Å². The molecule has 2 aromatic carbocycles. The lowest BCUT2D eigenvalue weighted by molar-refractivity contribution is 0.271. The van der Waals surface area contributed by atoms with E-state index in [4.69, 9.17) is 4.74 Å². The van der Waals surface area contributed by atoms with Crippen LogP contribution in [0.3, 0.4) is 0 Å². The molecule has 104 valence electrons. The van der Waals surface area contributed by atoms with E-state index in [1.807, 2.05) is 54.6 Å². The van der Waals surface area contributed by atoms with Crippen molar-refractivity contribution in [2.45, 2.75) is 13.8 Å². The van der Waals surface area contributed by atoms with E-state index in [2.05, 4.69) is 24.4 Å². The zero-order chi connectivity index (χ0) is 14.2. The molecule has 0 amide bonds. The van der Waals surface area contributed by atoms with Crippen molar-refractivity contribution in [1.29, 1.82) is 0 Å². The minimum Gasteiger partial charge on any atom is -0.493 e. The van der Waals surface area contributed by atoms with Gasteiger partial charge in [0.15, 0.2) is 0 Å². The molecular formula is C17H20N2O. The molecule has 0 aromatic heterocycles. The number of rotatable bonds is 6. The number of nitrogens with zero attached hydrogens (tertiary/aromatic N) is 1. The molecule has 0 saturated heterocycles. The fraction of sp³-hybridized carbons (Fsp3) is 0.235. The highest BCUT2D eigenvalue weighted by molar-refractivity contribution is 5.83. The van der Waals surface area contributed by atoms with Crippen molar-refractivity contribution in [2.24, 2.45) is 11.0 Å². The zero-order valence-electron chi connectivity index (χ0n) is 11.9. The Kier molecular flexibility index (Phi) is 5.18. The maximum Gasteiger partial charge on any atom is 0.128 e. The van der Waals surface area contributed by atoms with Gasteiger partial charge in [-0.2, -0.15) is 5.10 Å². The highest BCUT2D eigenvalue weighted by Crippen LogP contribution is 2.17. The maximum absolute atomic E-state index is 5.78. The van der Waals surface area contributed by atoms with Crippen molar-refractivity contribution in [1.82, 2.24) is 0 Å². The minimum atomic E-state index is 0.502. The maximum atomic E-state index is 5.78. The topological polar surface area (TPSA) is 33.6 Å². The standard InChI is InChI=1S/C17H20N2O/c1-14(2)13-20-17-11-7-6-8-15(17)12-18-19-16-9-4-3-5-10-16/h3-12,14,19H,13H2,1-2H3/b18-12+. The molecule has 3 heteroatoms. The van der Waals surface area contributed by atoms with Crippen molar-refractivity contribution in [3.63, 3.8) is 0 Å². The smallest absolute Gasteiger partial charge is 0.128 e. The molecule has 0 aliphatic carbocycles. The van der Waals surface area contributed by atoms with E-state index in [1.165, 1.54) is 0 Å². The summed E-state index contributed by atoms with van der Waals surface area (Å²) in [5, 5.41) is 4.24. The Balaban J connectivity index is 2.01. The van der Waals surface area contributed by atoms with Crippen LogP contribution < -0.4 is 10.2 Å². The van der Waals surface area contributed by atoms with Crippen LogP contribution in [0, 0.1) is 5.92 Å². The number of para-hydroxylation sites is 2. The zero-order valence-corrected chi connectivity index (χ0v) is 11.9. The van der Waals surface area contributed by atoms with E-state index in [0.29, 0.717) is 12.5 Å². The summed E-state index contributed by atoms with van der Waals surface area (Å²) in [5.74, 6) is 1.36. The minimum absolute atomic E-state index is 0.502. The molecule has 0 spiro atoms. The molecule has 0 atom stereocenters. The highest BCUT2D eigenvalue weighted by Gasteiger charge is 2.01. The van der Waals surface area contributed by atoms with E-state index in [9.17, 15) is 0 Å². The largest absolute Gasteiger partial charge is 0.493 e. The molecule has 1 N–H and O–H groups in total. The molecule has 0 radical (unpaired) electrons. The summed E-state index contributed by atoms with van der Waals surface area (Å²) in [7, 11) is 0. The number of anilines is 1.